The molecule has 0 fully saturated rings. The molecule has 3 rings (SSSR count). The van der Waals surface area contributed by atoms with Gasteiger partial charge in [-0.25, -0.2) is 10.2 Å². The summed E-state index contributed by atoms with van der Waals surface area (Å²) in [5, 5.41) is 3.95. The molecule has 3 aromatic rings. The van der Waals surface area contributed by atoms with Crippen molar-refractivity contribution in [3.05, 3.63) is 82.3 Å². The maximum absolute atomic E-state index is 12.6. The van der Waals surface area contributed by atoms with Crippen LogP contribution < -0.4 is 24.4 Å². The molecule has 36 heavy (non-hydrogen) atoms. The molecule has 0 bridgehead atoms. The van der Waals surface area contributed by atoms with Gasteiger partial charge in [-0.15, -0.1) is 0 Å². The second-order valence-electron chi connectivity index (χ2n) is 7.44. The zero-order chi connectivity index (χ0) is 25.8. The van der Waals surface area contributed by atoms with Gasteiger partial charge in [0.2, 0.25) is 0 Å². The van der Waals surface area contributed by atoms with Crippen LogP contribution in [0.5, 0.6) is 23.0 Å². The molecule has 0 aliphatic carbocycles. The van der Waals surface area contributed by atoms with Crippen LogP contribution in [0.25, 0.3) is 0 Å². The van der Waals surface area contributed by atoms with Crippen molar-refractivity contribution in [3.8, 4) is 23.0 Å². The number of hydrogen-bond acceptors (Lipinski definition) is 7. The Kier molecular flexibility index (Phi) is 10.3. The zero-order valence-corrected chi connectivity index (χ0v) is 21.6. The molecular formula is C27H27BrN2O6. The Hall–Kier alpha value is -3.85. The maximum Gasteiger partial charge on any atom is 0.343 e. The van der Waals surface area contributed by atoms with E-state index in [0.29, 0.717) is 41.6 Å². The highest BCUT2D eigenvalue weighted by atomic mass is 79.9. The molecule has 1 amide bonds. The molecule has 3 aromatic carbocycles. The van der Waals surface area contributed by atoms with Crippen LogP contribution >= 0.6 is 15.9 Å². The normalized spacial score (nSPS) is 10.6. The third-order valence-corrected chi connectivity index (χ3v) is 5.15. The van der Waals surface area contributed by atoms with Crippen molar-refractivity contribution in [3.63, 3.8) is 0 Å². The van der Waals surface area contributed by atoms with Crippen LogP contribution in [-0.4, -0.2) is 37.9 Å². The van der Waals surface area contributed by atoms with Crippen molar-refractivity contribution in [2.24, 2.45) is 5.10 Å². The van der Waals surface area contributed by atoms with Crippen LogP contribution in [0, 0.1) is 0 Å². The number of esters is 1. The van der Waals surface area contributed by atoms with E-state index in [4.69, 9.17) is 18.9 Å². The highest BCUT2D eigenvalue weighted by molar-refractivity contribution is 9.10. The number of carbonyl (C=O) groups excluding carboxylic acids is 2. The van der Waals surface area contributed by atoms with E-state index in [1.54, 1.807) is 54.6 Å². The van der Waals surface area contributed by atoms with Gasteiger partial charge >= 0.3 is 5.97 Å². The van der Waals surface area contributed by atoms with Crippen molar-refractivity contribution in [2.75, 3.05) is 19.8 Å². The predicted octanol–water partition coefficient (Wildman–Crippen LogP) is 5.38. The van der Waals surface area contributed by atoms with E-state index >= 15 is 0 Å². The number of halogens is 1. The molecule has 0 saturated carbocycles. The third kappa shape index (κ3) is 8.42. The topological polar surface area (TPSA) is 95.5 Å². The van der Waals surface area contributed by atoms with Crippen LogP contribution in [0.1, 0.15) is 36.2 Å². The highest BCUT2D eigenvalue weighted by Gasteiger charge is 2.13. The molecule has 0 aliphatic rings. The van der Waals surface area contributed by atoms with Crippen molar-refractivity contribution < 1.29 is 28.5 Å². The number of rotatable bonds is 12. The smallest absolute Gasteiger partial charge is 0.343 e. The van der Waals surface area contributed by atoms with Gasteiger partial charge in [-0.3, -0.25) is 4.79 Å². The van der Waals surface area contributed by atoms with E-state index in [9.17, 15) is 9.59 Å². The van der Waals surface area contributed by atoms with Gasteiger partial charge in [0, 0.05) is 4.47 Å². The summed E-state index contributed by atoms with van der Waals surface area (Å²) in [7, 11) is 0. The predicted molar refractivity (Wildman–Crippen MR) is 140 cm³/mol. The summed E-state index contributed by atoms with van der Waals surface area (Å²) in [6.07, 6.45) is 2.36. The Morgan fingerprint density at radius 2 is 1.58 bits per heavy atom. The number of hydrogen-bond donors (Lipinski definition) is 1. The van der Waals surface area contributed by atoms with Gasteiger partial charge in [0.05, 0.1) is 25.0 Å². The molecule has 0 unspecified atom stereocenters. The summed E-state index contributed by atoms with van der Waals surface area (Å²) in [5.41, 5.74) is 3.44. The monoisotopic (exact) mass is 554 g/mol. The summed E-state index contributed by atoms with van der Waals surface area (Å²) < 4.78 is 23.0. The van der Waals surface area contributed by atoms with Gasteiger partial charge in [-0.05, 0) is 85.6 Å². The Labute approximate surface area is 218 Å². The van der Waals surface area contributed by atoms with Crippen LogP contribution in [0.3, 0.4) is 0 Å². The molecule has 0 atom stereocenters. The molecule has 0 radical (unpaired) electrons. The van der Waals surface area contributed by atoms with Crippen LogP contribution in [0.15, 0.2) is 76.3 Å². The SMILES string of the molecule is CCCOc1ccc(C(=O)Oc2ccc(/C=N\NC(=O)COc3ccc(Br)cc3)cc2OCC)cc1. The first-order valence-corrected chi connectivity index (χ1v) is 12.2. The van der Waals surface area contributed by atoms with E-state index in [0.717, 1.165) is 10.9 Å². The fourth-order valence-corrected chi connectivity index (χ4v) is 3.18. The van der Waals surface area contributed by atoms with Crippen molar-refractivity contribution in [1.82, 2.24) is 5.43 Å². The summed E-state index contributed by atoms with van der Waals surface area (Å²) >= 11 is 3.34. The molecule has 1 N–H and O–H groups in total. The molecule has 0 saturated heterocycles. The quantitative estimate of drug-likeness (QED) is 0.140. The van der Waals surface area contributed by atoms with E-state index in [1.165, 1.54) is 6.21 Å². The lowest BCUT2D eigenvalue weighted by atomic mass is 10.2. The average Bonchev–Trinajstić information content (AvgIpc) is 2.89. The Bertz CT molecular complexity index is 1180. The van der Waals surface area contributed by atoms with Crippen LogP contribution in [-0.2, 0) is 4.79 Å². The van der Waals surface area contributed by atoms with E-state index in [1.807, 2.05) is 26.0 Å². The Morgan fingerprint density at radius 1 is 0.889 bits per heavy atom. The Balaban J connectivity index is 1.57. The van der Waals surface area contributed by atoms with Gasteiger partial charge < -0.3 is 18.9 Å². The summed E-state index contributed by atoms with van der Waals surface area (Å²) in [6.45, 7) is 4.66. The number of hydrazone groups is 1. The summed E-state index contributed by atoms with van der Waals surface area (Å²) in [4.78, 5) is 24.6. The van der Waals surface area contributed by atoms with Gasteiger partial charge in [0.25, 0.3) is 5.91 Å². The van der Waals surface area contributed by atoms with Crippen molar-refractivity contribution in [2.45, 2.75) is 20.3 Å². The van der Waals surface area contributed by atoms with Crippen molar-refractivity contribution >= 4 is 34.0 Å². The molecular weight excluding hydrogens is 528 g/mol. The van der Waals surface area contributed by atoms with E-state index < -0.39 is 11.9 Å². The van der Waals surface area contributed by atoms with E-state index in [2.05, 4.69) is 26.5 Å². The second kappa shape index (κ2) is 13.9. The second-order valence-corrected chi connectivity index (χ2v) is 8.35. The highest BCUT2D eigenvalue weighted by Crippen LogP contribution is 2.29. The fraction of sp³-hybridized carbons (Fsp3) is 0.222. The molecule has 9 heteroatoms. The first-order valence-electron chi connectivity index (χ1n) is 11.4. The average molecular weight is 555 g/mol. The standard InChI is InChI=1S/C27H27BrN2O6/c1-3-15-34-22-10-6-20(7-11-22)27(32)36-24-14-5-19(16-25(24)33-4-2)17-29-30-26(31)18-35-23-12-8-21(28)9-13-23/h5-14,16-17H,3-4,15,18H2,1-2H3,(H,30,31)/b29-17-. The van der Waals surface area contributed by atoms with Gasteiger partial charge in [-0.2, -0.15) is 5.10 Å². The van der Waals surface area contributed by atoms with Gasteiger partial charge in [0.15, 0.2) is 18.1 Å². The van der Waals surface area contributed by atoms with Gasteiger partial charge in [0.1, 0.15) is 11.5 Å². The third-order valence-electron chi connectivity index (χ3n) is 4.62. The Morgan fingerprint density at radius 3 is 2.28 bits per heavy atom. The first-order chi connectivity index (χ1) is 17.5. The van der Waals surface area contributed by atoms with E-state index in [-0.39, 0.29) is 12.4 Å². The number of amides is 1. The number of ether oxygens (including phenoxy) is 4. The lowest BCUT2D eigenvalue weighted by Gasteiger charge is -2.12. The first kappa shape index (κ1) is 26.7. The minimum absolute atomic E-state index is 0.177. The number of nitrogens with zero attached hydrogens (tertiary/aromatic N) is 1. The lowest BCUT2D eigenvalue weighted by Crippen LogP contribution is -2.24. The molecule has 0 aliphatic heterocycles. The molecule has 0 aromatic heterocycles. The van der Waals surface area contributed by atoms with Crippen LogP contribution in [0.2, 0.25) is 0 Å². The van der Waals surface area contributed by atoms with Crippen LogP contribution in [0.4, 0.5) is 0 Å². The minimum Gasteiger partial charge on any atom is -0.494 e. The van der Waals surface area contributed by atoms with Gasteiger partial charge in [-0.1, -0.05) is 22.9 Å². The maximum atomic E-state index is 12.6. The molecule has 8 nitrogen and oxygen atoms in total. The minimum atomic E-state index is -0.516. The number of benzene rings is 3. The van der Waals surface area contributed by atoms with Crippen molar-refractivity contribution in [1.29, 1.82) is 0 Å². The molecule has 0 heterocycles. The number of nitrogens with one attached hydrogen (secondary N) is 1. The lowest BCUT2D eigenvalue weighted by molar-refractivity contribution is -0.123. The largest absolute Gasteiger partial charge is 0.494 e. The molecule has 0 spiro atoms. The summed E-state index contributed by atoms with van der Waals surface area (Å²) in [6, 6.07) is 18.9. The summed E-state index contributed by atoms with van der Waals surface area (Å²) in [5.74, 6) is 0.997. The zero-order valence-electron chi connectivity index (χ0n) is 20.0. The molecule has 188 valence electrons. The number of carbonyl (C=O) groups is 2. The fourth-order valence-electron chi connectivity index (χ4n) is 2.91.